The van der Waals surface area contributed by atoms with E-state index in [0.717, 1.165) is 18.9 Å². The predicted octanol–water partition coefficient (Wildman–Crippen LogP) is -0.130. The van der Waals surface area contributed by atoms with Crippen LogP contribution in [0.4, 0.5) is 5.82 Å². The van der Waals surface area contributed by atoms with Gasteiger partial charge in [0.2, 0.25) is 0 Å². The van der Waals surface area contributed by atoms with Crippen LogP contribution in [0.5, 0.6) is 0 Å². The standard InChI is InChI=1S/C9H12N4/c10-9-6-4-13(5-7(6)9)8-3-11-1-2-12-8/h1-3,6-7,9H,4-5,10H2/t6-,7-/m0/s1. The monoisotopic (exact) mass is 176 g/mol. The van der Waals surface area contributed by atoms with Crippen molar-refractivity contribution in [3.05, 3.63) is 18.6 Å². The minimum Gasteiger partial charge on any atom is -0.355 e. The van der Waals surface area contributed by atoms with Gasteiger partial charge in [-0.2, -0.15) is 0 Å². The first-order valence-electron chi connectivity index (χ1n) is 4.63. The first-order chi connectivity index (χ1) is 6.36. The lowest BCUT2D eigenvalue weighted by molar-refractivity contribution is 0.733. The quantitative estimate of drug-likeness (QED) is 0.647. The van der Waals surface area contributed by atoms with Crippen molar-refractivity contribution in [1.82, 2.24) is 9.97 Å². The molecule has 0 amide bonds. The maximum atomic E-state index is 5.85. The molecular formula is C9H12N4. The average molecular weight is 176 g/mol. The summed E-state index contributed by atoms with van der Waals surface area (Å²) in [6.45, 7) is 2.12. The summed E-state index contributed by atoms with van der Waals surface area (Å²) >= 11 is 0. The molecule has 1 saturated carbocycles. The molecule has 0 spiro atoms. The second-order valence-corrected chi connectivity index (χ2v) is 3.87. The lowest BCUT2D eigenvalue weighted by Crippen LogP contribution is -2.28. The molecule has 0 aromatic carbocycles. The molecule has 0 unspecified atom stereocenters. The molecule has 2 fully saturated rings. The zero-order valence-corrected chi connectivity index (χ0v) is 7.30. The molecule has 2 N–H and O–H groups in total. The molecule has 68 valence electrons. The Balaban J connectivity index is 1.76. The molecule has 1 aromatic heterocycles. The van der Waals surface area contributed by atoms with Gasteiger partial charge in [0.1, 0.15) is 5.82 Å². The fraction of sp³-hybridized carbons (Fsp3) is 0.556. The van der Waals surface area contributed by atoms with E-state index < -0.39 is 0 Å². The maximum absolute atomic E-state index is 5.85. The highest BCUT2D eigenvalue weighted by Gasteiger charge is 2.53. The number of nitrogens with two attached hydrogens (primary N) is 1. The summed E-state index contributed by atoms with van der Waals surface area (Å²) in [6.07, 6.45) is 5.25. The normalized spacial score (nSPS) is 36.1. The van der Waals surface area contributed by atoms with E-state index in [4.69, 9.17) is 5.73 Å². The molecule has 13 heavy (non-hydrogen) atoms. The van der Waals surface area contributed by atoms with Gasteiger partial charge in [-0.05, 0) is 11.8 Å². The molecule has 1 aliphatic heterocycles. The summed E-state index contributed by atoms with van der Waals surface area (Å²) in [7, 11) is 0. The molecule has 2 heterocycles. The van der Waals surface area contributed by atoms with E-state index in [1.165, 1.54) is 0 Å². The summed E-state index contributed by atoms with van der Waals surface area (Å²) in [5.41, 5.74) is 5.85. The van der Waals surface area contributed by atoms with E-state index in [1.54, 1.807) is 12.4 Å². The Morgan fingerprint density at radius 3 is 2.69 bits per heavy atom. The van der Waals surface area contributed by atoms with Crippen molar-refractivity contribution in [1.29, 1.82) is 0 Å². The smallest absolute Gasteiger partial charge is 0.147 e. The third-order valence-corrected chi connectivity index (χ3v) is 3.13. The fourth-order valence-corrected chi connectivity index (χ4v) is 2.21. The van der Waals surface area contributed by atoms with Crippen molar-refractivity contribution in [3.63, 3.8) is 0 Å². The van der Waals surface area contributed by atoms with Gasteiger partial charge in [0.05, 0.1) is 6.20 Å². The van der Waals surface area contributed by atoms with Gasteiger partial charge >= 0.3 is 0 Å². The van der Waals surface area contributed by atoms with Gasteiger partial charge in [-0.3, -0.25) is 4.98 Å². The van der Waals surface area contributed by atoms with Gasteiger partial charge in [-0.1, -0.05) is 0 Å². The molecule has 2 atom stereocenters. The minimum absolute atomic E-state index is 0.452. The zero-order chi connectivity index (χ0) is 8.84. The van der Waals surface area contributed by atoms with E-state index in [9.17, 15) is 0 Å². The number of rotatable bonds is 1. The van der Waals surface area contributed by atoms with Crippen LogP contribution >= 0.6 is 0 Å². The molecule has 3 rings (SSSR count). The van der Waals surface area contributed by atoms with Crippen LogP contribution in [0.25, 0.3) is 0 Å². The Labute approximate surface area is 76.8 Å². The summed E-state index contributed by atoms with van der Waals surface area (Å²) in [4.78, 5) is 10.6. The first-order valence-corrected chi connectivity index (χ1v) is 4.63. The SMILES string of the molecule is NC1[C@H]2CN(c3cnccn3)C[C@H]12. The van der Waals surface area contributed by atoms with Gasteiger partial charge in [-0.15, -0.1) is 0 Å². The molecule has 1 aromatic rings. The second-order valence-electron chi connectivity index (χ2n) is 3.87. The molecule has 1 aliphatic carbocycles. The van der Waals surface area contributed by atoms with Gasteiger partial charge in [0.15, 0.2) is 0 Å². The van der Waals surface area contributed by atoms with Crippen molar-refractivity contribution in [2.24, 2.45) is 17.6 Å². The third-order valence-electron chi connectivity index (χ3n) is 3.13. The molecule has 2 aliphatic rings. The number of hydrogen-bond donors (Lipinski definition) is 1. The maximum Gasteiger partial charge on any atom is 0.147 e. The number of hydrogen-bond acceptors (Lipinski definition) is 4. The van der Waals surface area contributed by atoms with E-state index in [-0.39, 0.29) is 0 Å². The van der Waals surface area contributed by atoms with Crippen molar-refractivity contribution in [3.8, 4) is 0 Å². The van der Waals surface area contributed by atoms with Crippen LogP contribution < -0.4 is 10.6 Å². The zero-order valence-electron chi connectivity index (χ0n) is 7.30. The summed E-state index contributed by atoms with van der Waals surface area (Å²) in [5, 5.41) is 0. The van der Waals surface area contributed by atoms with E-state index in [1.807, 2.05) is 6.20 Å². The average Bonchev–Trinajstić information content (AvgIpc) is 2.67. The van der Waals surface area contributed by atoms with Crippen molar-refractivity contribution >= 4 is 5.82 Å². The number of aromatic nitrogens is 2. The van der Waals surface area contributed by atoms with Crippen LogP contribution in [0.1, 0.15) is 0 Å². The summed E-state index contributed by atoms with van der Waals surface area (Å²) in [6, 6.07) is 0.452. The third kappa shape index (κ3) is 1.02. The highest BCUT2D eigenvalue weighted by molar-refractivity contribution is 5.40. The number of nitrogens with zero attached hydrogens (tertiary/aromatic N) is 3. The van der Waals surface area contributed by atoms with Crippen LogP contribution in [0, 0.1) is 11.8 Å². The van der Waals surface area contributed by atoms with E-state index >= 15 is 0 Å². The topological polar surface area (TPSA) is 55.0 Å². The second kappa shape index (κ2) is 2.42. The van der Waals surface area contributed by atoms with Crippen molar-refractivity contribution < 1.29 is 0 Å². The molecule has 4 heteroatoms. The fourth-order valence-electron chi connectivity index (χ4n) is 2.21. The van der Waals surface area contributed by atoms with E-state index in [0.29, 0.717) is 17.9 Å². The van der Waals surface area contributed by atoms with Crippen LogP contribution in [-0.2, 0) is 0 Å². The Hall–Kier alpha value is -1.16. The number of fused-ring (bicyclic) bond motifs is 1. The Morgan fingerprint density at radius 2 is 2.08 bits per heavy atom. The molecule has 0 bridgehead atoms. The van der Waals surface area contributed by atoms with Crippen molar-refractivity contribution in [2.45, 2.75) is 6.04 Å². The summed E-state index contributed by atoms with van der Waals surface area (Å²) < 4.78 is 0. The largest absolute Gasteiger partial charge is 0.355 e. The highest BCUT2D eigenvalue weighted by atomic mass is 15.2. The number of anilines is 1. The first kappa shape index (κ1) is 7.26. The lowest BCUT2D eigenvalue weighted by atomic mass is 10.4. The van der Waals surface area contributed by atoms with Gasteiger partial charge in [0, 0.05) is 31.5 Å². The van der Waals surface area contributed by atoms with Crippen LogP contribution in [0.3, 0.4) is 0 Å². The van der Waals surface area contributed by atoms with Gasteiger partial charge in [-0.25, -0.2) is 4.98 Å². The van der Waals surface area contributed by atoms with Gasteiger partial charge in [0.25, 0.3) is 0 Å². The molecule has 1 saturated heterocycles. The lowest BCUT2D eigenvalue weighted by Gasteiger charge is -2.18. The van der Waals surface area contributed by atoms with E-state index in [2.05, 4.69) is 14.9 Å². The molecule has 0 radical (unpaired) electrons. The minimum atomic E-state index is 0.452. The van der Waals surface area contributed by atoms with Crippen LogP contribution in [0.15, 0.2) is 18.6 Å². The molecular weight excluding hydrogens is 164 g/mol. The van der Waals surface area contributed by atoms with Gasteiger partial charge < -0.3 is 10.6 Å². The van der Waals surface area contributed by atoms with Crippen LogP contribution in [0.2, 0.25) is 0 Å². The Kier molecular flexibility index (Phi) is 1.35. The van der Waals surface area contributed by atoms with Crippen LogP contribution in [-0.4, -0.2) is 29.1 Å². The Morgan fingerprint density at radius 1 is 1.31 bits per heavy atom. The highest BCUT2D eigenvalue weighted by Crippen LogP contribution is 2.44. The number of piperidine rings is 1. The Bertz CT molecular complexity index is 301. The predicted molar refractivity (Wildman–Crippen MR) is 49.2 cm³/mol. The van der Waals surface area contributed by atoms with Crippen molar-refractivity contribution in [2.75, 3.05) is 18.0 Å². The molecule has 4 nitrogen and oxygen atoms in total. The summed E-state index contributed by atoms with van der Waals surface area (Å²) in [5.74, 6) is 2.41.